The Morgan fingerprint density at radius 2 is 1.68 bits per heavy atom. The van der Waals surface area contributed by atoms with Crippen molar-refractivity contribution in [2.45, 2.75) is 25.8 Å². The van der Waals surface area contributed by atoms with Crippen LogP contribution < -0.4 is 5.73 Å². The molecule has 0 spiro atoms. The van der Waals surface area contributed by atoms with E-state index >= 15 is 0 Å². The maximum absolute atomic E-state index is 13.6. The molecule has 0 saturated carbocycles. The molecule has 0 fully saturated rings. The van der Waals surface area contributed by atoms with Crippen molar-refractivity contribution >= 4 is 0 Å². The summed E-state index contributed by atoms with van der Waals surface area (Å²) in [6.45, 7) is 2.01. The molecule has 2 aromatic carbocycles. The Hall–Kier alpha value is -1.74. The zero-order chi connectivity index (χ0) is 13.8. The fourth-order valence-electron chi connectivity index (χ4n) is 2.20. The summed E-state index contributed by atoms with van der Waals surface area (Å²) in [5.41, 5.74) is 8.19. The van der Waals surface area contributed by atoms with Crippen LogP contribution in [0.25, 0.3) is 0 Å². The van der Waals surface area contributed by atoms with Crippen LogP contribution in [0.15, 0.2) is 42.5 Å². The molecular weight excluding hydrogens is 244 g/mol. The van der Waals surface area contributed by atoms with Gasteiger partial charge >= 0.3 is 0 Å². The van der Waals surface area contributed by atoms with Gasteiger partial charge in [0.15, 0.2) is 0 Å². The maximum Gasteiger partial charge on any atom is 0.130 e. The van der Waals surface area contributed by atoms with Gasteiger partial charge in [0.1, 0.15) is 11.6 Å². The van der Waals surface area contributed by atoms with Gasteiger partial charge in [-0.15, -0.1) is 0 Å². The summed E-state index contributed by atoms with van der Waals surface area (Å²) in [5.74, 6) is -1.14. The Morgan fingerprint density at radius 3 is 2.32 bits per heavy atom. The van der Waals surface area contributed by atoms with E-state index in [0.29, 0.717) is 12.8 Å². The van der Waals surface area contributed by atoms with Crippen LogP contribution in [-0.4, -0.2) is 0 Å². The van der Waals surface area contributed by atoms with E-state index < -0.39 is 17.7 Å². The number of rotatable bonds is 4. The summed E-state index contributed by atoms with van der Waals surface area (Å²) in [7, 11) is 0. The third-order valence-electron chi connectivity index (χ3n) is 3.20. The zero-order valence-corrected chi connectivity index (χ0v) is 10.9. The van der Waals surface area contributed by atoms with Gasteiger partial charge in [0.2, 0.25) is 0 Å². The zero-order valence-electron chi connectivity index (χ0n) is 10.9. The molecule has 0 aliphatic carbocycles. The first-order chi connectivity index (χ1) is 9.08. The number of hydrogen-bond acceptors (Lipinski definition) is 1. The normalized spacial score (nSPS) is 12.4. The van der Waals surface area contributed by atoms with Crippen molar-refractivity contribution in [2.75, 3.05) is 0 Å². The van der Waals surface area contributed by atoms with Crippen LogP contribution in [0, 0.1) is 18.6 Å². The van der Waals surface area contributed by atoms with Gasteiger partial charge in [-0.3, -0.25) is 0 Å². The van der Waals surface area contributed by atoms with Crippen molar-refractivity contribution in [3.63, 3.8) is 0 Å². The summed E-state index contributed by atoms with van der Waals surface area (Å²) >= 11 is 0. The summed E-state index contributed by atoms with van der Waals surface area (Å²) in [4.78, 5) is 0. The van der Waals surface area contributed by atoms with E-state index in [1.807, 2.05) is 25.1 Å². The first kappa shape index (κ1) is 13.7. The quantitative estimate of drug-likeness (QED) is 0.887. The predicted octanol–water partition coefficient (Wildman–Crippen LogP) is 3.91. The predicted molar refractivity (Wildman–Crippen MR) is 72.8 cm³/mol. The minimum atomic E-state index is -0.623. The monoisotopic (exact) mass is 261 g/mol. The molecule has 0 saturated heterocycles. The molecule has 0 amide bonds. The van der Waals surface area contributed by atoms with Gasteiger partial charge < -0.3 is 5.73 Å². The summed E-state index contributed by atoms with van der Waals surface area (Å²) in [6.07, 6.45) is 1.22. The Kier molecular flexibility index (Phi) is 4.27. The second-order valence-corrected chi connectivity index (χ2v) is 4.77. The number of halogens is 2. The van der Waals surface area contributed by atoms with Gasteiger partial charge in [-0.2, -0.15) is 0 Å². The van der Waals surface area contributed by atoms with Crippen molar-refractivity contribution in [2.24, 2.45) is 5.73 Å². The number of nitrogens with two attached hydrogens (primary N) is 1. The largest absolute Gasteiger partial charge is 0.324 e. The van der Waals surface area contributed by atoms with Crippen LogP contribution in [0.3, 0.4) is 0 Å². The molecule has 19 heavy (non-hydrogen) atoms. The standard InChI is InChI=1S/C16H17F2N/c1-11-4-2-5-12(10-11)8-9-15(19)16-13(17)6-3-7-14(16)18/h2-7,10,15H,8-9,19H2,1H3. The van der Waals surface area contributed by atoms with E-state index in [-0.39, 0.29) is 5.56 Å². The molecule has 2 N–H and O–H groups in total. The summed E-state index contributed by atoms with van der Waals surface area (Å²) in [6, 6.07) is 11.3. The Labute approximate surface area is 112 Å². The highest BCUT2D eigenvalue weighted by Gasteiger charge is 2.16. The SMILES string of the molecule is Cc1cccc(CCC(N)c2c(F)cccc2F)c1. The molecule has 0 aliphatic heterocycles. The van der Waals surface area contributed by atoms with Crippen LogP contribution in [0.5, 0.6) is 0 Å². The lowest BCUT2D eigenvalue weighted by molar-refractivity contribution is 0.512. The number of benzene rings is 2. The first-order valence-electron chi connectivity index (χ1n) is 6.33. The first-order valence-corrected chi connectivity index (χ1v) is 6.33. The van der Waals surface area contributed by atoms with Gasteiger partial charge in [-0.05, 0) is 37.5 Å². The smallest absolute Gasteiger partial charge is 0.130 e. The molecule has 0 radical (unpaired) electrons. The van der Waals surface area contributed by atoms with Crippen molar-refractivity contribution in [1.29, 1.82) is 0 Å². The molecule has 100 valence electrons. The van der Waals surface area contributed by atoms with E-state index in [9.17, 15) is 8.78 Å². The lowest BCUT2D eigenvalue weighted by atomic mass is 9.98. The number of hydrogen-bond donors (Lipinski definition) is 1. The molecule has 2 aromatic rings. The fourth-order valence-corrected chi connectivity index (χ4v) is 2.20. The highest BCUT2D eigenvalue weighted by Crippen LogP contribution is 2.22. The van der Waals surface area contributed by atoms with Crippen LogP contribution in [0.4, 0.5) is 8.78 Å². The van der Waals surface area contributed by atoms with Gasteiger partial charge in [0.05, 0.1) is 0 Å². The van der Waals surface area contributed by atoms with E-state index in [0.717, 1.165) is 5.56 Å². The summed E-state index contributed by atoms with van der Waals surface area (Å²) in [5, 5.41) is 0. The Balaban J connectivity index is 2.07. The topological polar surface area (TPSA) is 26.0 Å². The van der Waals surface area contributed by atoms with Crippen molar-refractivity contribution in [3.05, 3.63) is 70.8 Å². The van der Waals surface area contributed by atoms with E-state index in [1.54, 1.807) is 0 Å². The van der Waals surface area contributed by atoms with Crippen LogP contribution in [0.1, 0.15) is 29.2 Å². The Bertz CT molecular complexity index is 546. The van der Waals surface area contributed by atoms with Crippen LogP contribution in [-0.2, 0) is 6.42 Å². The highest BCUT2D eigenvalue weighted by molar-refractivity contribution is 5.25. The minimum absolute atomic E-state index is 0.0184. The van der Waals surface area contributed by atoms with Gasteiger partial charge in [0, 0.05) is 11.6 Å². The second-order valence-electron chi connectivity index (χ2n) is 4.77. The van der Waals surface area contributed by atoms with Gasteiger partial charge in [-0.1, -0.05) is 35.9 Å². The van der Waals surface area contributed by atoms with Crippen molar-refractivity contribution < 1.29 is 8.78 Å². The van der Waals surface area contributed by atoms with E-state index in [4.69, 9.17) is 5.73 Å². The lowest BCUT2D eigenvalue weighted by Gasteiger charge is -2.14. The average Bonchev–Trinajstić information content (AvgIpc) is 2.36. The molecule has 1 nitrogen and oxygen atoms in total. The molecular formula is C16H17F2N. The molecule has 2 rings (SSSR count). The highest BCUT2D eigenvalue weighted by atomic mass is 19.1. The third-order valence-corrected chi connectivity index (χ3v) is 3.20. The van der Waals surface area contributed by atoms with Crippen molar-refractivity contribution in [3.8, 4) is 0 Å². The van der Waals surface area contributed by atoms with Gasteiger partial charge in [-0.25, -0.2) is 8.78 Å². The number of aryl methyl sites for hydroxylation is 2. The lowest BCUT2D eigenvalue weighted by Crippen LogP contribution is -2.15. The third kappa shape index (κ3) is 3.38. The fraction of sp³-hybridized carbons (Fsp3) is 0.250. The molecule has 0 bridgehead atoms. The van der Waals surface area contributed by atoms with Gasteiger partial charge in [0.25, 0.3) is 0 Å². The average molecular weight is 261 g/mol. The van der Waals surface area contributed by atoms with Crippen LogP contribution in [0.2, 0.25) is 0 Å². The molecule has 0 aromatic heterocycles. The minimum Gasteiger partial charge on any atom is -0.324 e. The second kappa shape index (κ2) is 5.93. The Morgan fingerprint density at radius 1 is 1.05 bits per heavy atom. The molecule has 0 heterocycles. The van der Waals surface area contributed by atoms with Crippen LogP contribution >= 0.6 is 0 Å². The summed E-state index contributed by atoms with van der Waals surface area (Å²) < 4.78 is 27.1. The maximum atomic E-state index is 13.6. The molecule has 0 aliphatic rings. The molecule has 1 atom stereocenters. The van der Waals surface area contributed by atoms with E-state index in [2.05, 4.69) is 6.07 Å². The van der Waals surface area contributed by atoms with Crippen molar-refractivity contribution in [1.82, 2.24) is 0 Å². The van der Waals surface area contributed by atoms with E-state index in [1.165, 1.54) is 23.8 Å². The molecule has 3 heteroatoms. The molecule has 1 unspecified atom stereocenters.